The van der Waals surface area contributed by atoms with Gasteiger partial charge in [-0.05, 0) is 73.4 Å². The van der Waals surface area contributed by atoms with Crippen molar-refractivity contribution in [1.82, 2.24) is 15.2 Å². The van der Waals surface area contributed by atoms with E-state index in [1.165, 1.54) is 36.0 Å². The van der Waals surface area contributed by atoms with E-state index in [9.17, 15) is 4.79 Å². The number of nitrogens with zero attached hydrogens (tertiary/aromatic N) is 2. The Balaban J connectivity index is 1.30. The van der Waals surface area contributed by atoms with Crippen molar-refractivity contribution in [3.05, 3.63) is 58.9 Å². The SMILES string of the molecule is CCCCOc1ccc(C(=O)N(C)[C@@H]2Cc3ccc(CNCC4CCC4)cc3C2)nc1. The monoisotopic (exact) mass is 421 g/mol. The van der Waals surface area contributed by atoms with Crippen molar-refractivity contribution in [2.24, 2.45) is 5.92 Å². The van der Waals surface area contributed by atoms with E-state index >= 15 is 0 Å². The maximum atomic E-state index is 13.0. The number of nitrogens with one attached hydrogen (secondary N) is 1. The van der Waals surface area contributed by atoms with E-state index in [1.807, 2.05) is 18.0 Å². The molecule has 1 saturated carbocycles. The summed E-state index contributed by atoms with van der Waals surface area (Å²) in [4.78, 5) is 19.2. The summed E-state index contributed by atoms with van der Waals surface area (Å²) in [7, 11) is 1.90. The first-order chi connectivity index (χ1) is 15.1. The van der Waals surface area contributed by atoms with Crippen LogP contribution in [-0.2, 0) is 19.4 Å². The molecule has 4 rings (SSSR count). The number of ether oxygens (including phenoxy) is 1. The minimum atomic E-state index is -0.0275. The molecule has 2 aliphatic carbocycles. The van der Waals surface area contributed by atoms with Gasteiger partial charge in [0.15, 0.2) is 0 Å². The van der Waals surface area contributed by atoms with E-state index in [0.717, 1.165) is 50.4 Å². The normalized spacial score (nSPS) is 17.8. The highest BCUT2D eigenvalue weighted by atomic mass is 16.5. The molecule has 1 fully saturated rings. The number of rotatable bonds is 10. The predicted molar refractivity (Wildman–Crippen MR) is 123 cm³/mol. The van der Waals surface area contributed by atoms with Crippen LogP contribution >= 0.6 is 0 Å². The molecule has 5 heteroatoms. The lowest BCUT2D eigenvalue weighted by Crippen LogP contribution is -2.38. The van der Waals surface area contributed by atoms with E-state index in [2.05, 4.69) is 35.4 Å². The molecule has 1 amide bonds. The average Bonchev–Trinajstić information content (AvgIpc) is 3.18. The quantitative estimate of drug-likeness (QED) is 0.578. The number of benzene rings is 1. The van der Waals surface area contributed by atoms with E-state index in [0.29, 0.717) is 12.3 Å². The fourth-order valence-electron chi connectivity index (χ4n) is 4.42. The number of amides is 1. The summed E-state index contributed by atoms with van der Waals surface area (Å²) in [6.07, 6.45) is 9.73. The maximum Gasteiger partial charge on any atom is 0.272 e. The van der Waals surface area contributed by atoms with Crippen LogP contribution in [0.15, 0.2) is 36.5 Å². The van der Waals surface area contributed by atoms with Crippen LogP contribution in [0.2, 0.25) is 0 Å². The van der Waals surface area contributed by atoms with Crippen molar-refractivity contribution in [3.63, 3.8) is 0 Å². The van der Waals surface area contributed by atoms with Crippen molar-refractivity contribution in [1.29, 1.82) is 0 Å². The number of carbonyl (C=O) groups excluding carboxylic acids is 1. The number of likely N-dealkylation sites (N-methyl/N-ethyl adjacent to an activating group) is 1. The molecule has 1 aromatic heterocycles. The number of hydrogen-bond donors (Lipinski definition) is 1. The molecule has 5 nitrogen and oxygen atoms in total. The lowest BCUT2D eigenvalue weighted by atomic mass is 9.85. The van der Waals surface area contributed by atoms with Crippen molar-refractivity contribution >= 4 is 5.91 Å². The van der Waals surface area contributed by atoms with Gasteiger partial charge >= 0.3 is 0 Å². The smallest absolute Gasteiger partial charge is 0.272 e. The molecule has 0 spiro atoms. The fourth-order valence-corrected chi connectivity index (χ4v) is 4.42. The number of pyridine rings is 1. The Morgan fingerprint density at radius 3 is 2.74 bits per heavy atom. The Bertz CT molecular complexity index is 877. The van der Waals surface area contributed by atoms with Crippen molar-refractivity contribution in [2.75, 3.05) is 20.2 Å². The number of fused-ring (bicyclic) bond motifs is 1. The molecule has 1 N–H and O–H groups in total. The number of hydrogen-bond acceptors (Lipinski definition) is 4. The lowest BCUT2D eigenvalue weighted by Gasteiger charge is -2.25. The highest BCUT2D eigenvalue weighted by Gasteiger charge is 2.28. The molecule has 2 aromatic rings. The summed E-state index contributed by atoms with van der Waals surface area (Å²) < 4.78 is 5.65. The second kappa shape index (κ2) is 10.3. The van der Waals surface area contributed by atoms with Gasteiger partial charge in [0.2, 0.25) is 0 Å². The van der Waals surface area contributed by atoms with Gasteiger partial charge in [0, 0.05) is 19.6 Å². The molecule has 0 aliphatic heterocycles. The summed E-state index contributed by atoms with van der Waals surface area (Å²) >= 11 is 0. The van der Waals surface area contributed by atoms with Gasteiger partial charge in [-0.25, -0.2) is 4.98 Å². The third kappa shape index (κ3) is 5.45. The largest absolute Gasteiger partial charge is 0.492 e. The zero-order valence-electron chi connectivity index (χ0n) is 18.9. The Labute approximate surface area is 186 Å². The first-order valence-electron chi connectivity index (χ1n) is 11.8. The minimum absolute atomic E-state index is 0.0275. The van der Waals surface area contributed by atoms with E-state index in [4.69, 9.17) is 4.74 Å². The van der Waals surface area contributed by atoms with Crippen molar-refractivity contribution < 1.29 is 9.53 Å². The Hall–Kier alpha value is -2.40. The first-order valence-corrected chi connectivity index (χ1v) is 11.8. The first kappa shape index (κ1) is 21.8. The predicted octanol–water partition coefficient (Wildman–Crippen LogP) is 4.39. The maximum absolute atomic E-state index is 13.0. The third-order valence-corrected chi connectivity index (χ3v) is 6.76. The third-order valence-electron chi connectivity index (χ3n) is 6.76. The van der Waals surface area contributed by atoms with Crippen molar-refractivity contribution in [2.45, 2.75) is 64.5 Å². The van der Waals surface area contributed by atoms with Gasteiger partial charge in [-0.2, -0.15) is 0 Å². The molecule has 1 heterocycles. The van der Waals surface area contributed by atoms with Crippen molar-refractivity contribution in [3.8, 4) is 5.75 Å². The molecular formula is C26H35N3O2. The van der Waals surface area contributed by atoms with Gasteiger partial charge in [0.05, 0.1) is 12.8 Å². The van der Waals surface area contributed by atoms with E-state index in [1.54, 1.807) is 12.3 Å². The van der Waals surface area contributed by atoms with Crippen LogP contribution in [0.1, 0.15) is 66.2 Å². The molecule has 0 bridgehead atoms. The fraction of sp³-hybridized carbons (Fsp3) is 0.538. The highest BCUT2D eigenvalue weighted by Crippen LogP contribution is 2.28. The van der Waals surface area contributed by atoms with Crippen LogP contribution < -0.4 is 10.1 Å². The zero-order chi connectivity index (χ0) is 21.6. The van der Waals surface area contributed by atoms with Gasteiger partial charge in [-0.1, -0.05) is 38.0 Å². The second-order valence-electron chi connectivity index (χ2n) is 9.09. The van der Waals surface area contributed by atoms with Gasteiger partial charge < -0.3 is 15.0 Å². The molecule has 1 atom stereocenters. The lowest BCUT2D eigenvalue weighted by molar-refractivity contribution is 0.0731. The number of unbranched alkanes of at least 4 members (excludes halogenated alkanes) is 1. The highest BCUT2D eigenvalue weighted by molar-refractivity contribution is 5.92. The summed E-state index contributed by atoms with van der Waals surface area (Å²) in [6, 6.07) is 10.6. The zero-order valence-corrected chi connectivity index (χ0v) is 18.9. The van der Waals surface area contributed by atoms with Crippen LogP contribution in [0.4, 0.5) is 0 Å². The van der Waals surface area contributed by atoms with Crippen LogP contribution in [0.5, 0.6) is 5.75 Å². The van der Waals surface area contributed by atoms with E-state index in [-0.39, 0.29) is 11.9 Å². The summed E-state index contributed by atoms with van der Waals surface area (Å²) in [5.74, 6) is 1.57. The standard InChI is InChI=1S/C26H35N3O2/c1-3-4-12-31-24-10-11-25(28-18-24)26(30)29(2)23-14-21-9-8-20(13-22(21)15-23)17-27-16-19-6-5-7-19/h8-11,13,18-19,23,27H,3-7,12,14-17H2,1-2H3/t23-/m1/s1. The molecule has 31 heavy (non-hydrogen) atoms. The average molecular weight is 422 g/mol. The topological polar surface area (TPSA) is 54.5 Å². The molecule has 0 radical (unpaired) electrons. The minimum Gasteiger partial charge on any atom is -0.492 e. The second-order valence-corrected chi connectivity index (χ2v) is 9.09. The summed E-state index contributed by atoms with van der Waals surface area (Å²) in [5.41, 5.74) is 4.55. The van der Waals surface area contributed by atoms with Crippen LogP contribution in [-0.4, -0.2) is 42.0 Å². The Kier molecular flexibility index (Phi) is 7.23. The molecular weight excluding hydrogens is 386 g/mol. The van der Waals surface area contributed by atoms with Crippen LogP contribution in [0.25, 0.3) is 0 Å². The van der Waals surface area contributed by atoms with Crippen LogP contribution in [0, 0.1) is 5.92 Å². The molecule has 0 saturated heterocycles. The Morgan fingerprint density at radius 1 is 1.19 bits per heavy atom. The molecule has 2 aliphatic rings. The van der Waals surface area contributed by atoms with Gasteiger partial charge in [0.1, 0.15) is 11.4 Å². The van der Waals surface area contributed by atoms with Gasteiger partial charge in [-0.15, -0.1) is 0 Å². The van der Waals surface area contributed by atoms with Crippen LogP contribution in [0.3, 0.4) is 0 Å². The van der Waals surface area contributed by atoms with E-state index < -0.39 is 0 Å². The molecule has 1 aromatic carbocycles. The molecule has 166 valence electrons. The molecule has 0 unspecified atom stereocenters. The van der Waals surface area contributed by atoms with Gasteiger partial charge in [0.25, 0.3) is 5.91 Å². The summed E-state index contributed by atoms with van der Waals surface area (Å²) in [6.45, 7) is 4.88. The summed E-state index contributed by atoms with van der Waals surface area (Å²) in [5, 5.41) is 3.61. The Morgan fingerprint density at radius 2 is 2.03 bits per heavy atom. The number of aromatic nitrogens is 1. The van der Waals surface area contributed by atoms with Gasteiger partial charge in [-0.3, -0.25) is 4.79 Å². The number of carbonyl (C=O) groups is 1.